The monoisotopic (exact) mass is 211 g/mol. The van der Waals surface area contributed by atoms with Crippen molar-refractivity contribution < 1.29 is 14.3 Å². The minimum absolute atomic E-state index is 0.0404. The van der Waals surface area contributed by atoms with Crippen LogP contribution in [0, 0.1) is 5.92 Å². The highest BCUT2D eigenvalue weighted by Crippen LogP contribution is 2.18. The Morgan fingerprint density at radius 2 is 2.33 bits per heavy atom. The molecule has 0 N–H and O–H groups in total. The highest BCUT2D eigenvalue weighted by molar-refractivity contribution is 5.79. The van der Waals surface area contributed by atoms with Crippen LogP contribution < -0.4 is 0 Å². The number of amides is 1. The second-order valence-corrected chi connectivity index (χ2v) is 3.69. The van der Waals surface area contributed by atoms with Crippen molar-refractivity contribution in [1.82, 2.24) is 4.90 Å². The summed E-state index contributed by atoms with van der Waals surface area (Å²) in [5, 5.41) is 0. The number of nitrogens with zero attached hydrogens (tertiary/aromatic N) is 1. The third-order valence-corrected chi connectivity index (χ3v) is 2.63. The quantitative estimate of drug-likeness (QED) is 0.516. The summed E-state index contributed by atoms with van der Waals surface area (Å²) in [6.45, 7) is 4.75. The molecule has 1 amide bonds. The molecular weight excluding hydrogens is 194 g/mol. The van der Waals surface area contributed by atoms with Crippen LogP contribution in [-0.4, -0.2) is 37.0 Å². The van der Waals surface area contributed by atoms with E-state index in [9.17, 15) is 9.59 Å². The van der Waals surface area contributed by atoms with Gasteiger partial charge in [0.2, 0.25) is 5.91 Å². The summed E-state index contributed by atoms with van der Waals surface area (Å²) < 4.78 is 4.68. The maximum atomic E-state index is 11.6. The summed E-state index contributed by atoms with van der Waals surface area (Å²) in [6.07, 6.45) is 3.60. The average Bonchev–Trinajstić information content (AvgIpc) is 2.28. The van der Waals surface area contributed by atoms with E-state index < -0.39 is 0 Å². The molecule has 1 unspecified atom stereocenters. The summed E-state index contributed by atoms with van der Waals surface area (Å²) in [5.41, 5.74) is 0. The number of rotatable bonds is 3. The largest absolute Gasteiger partial charge is 0.469 e. The predicted octanol–water partition coefficient (Wildman–Crippen LogP) is 0.974. The van der Waals surface area contributed by atoms with E-state index in [1.54, 1.807) is 11.0 Å². The highest BCUT2D eigenvalue weighted by Gasteiger charge is 2.28. The number of methoxy groups -OCH3 is 1. The third-order valence-electron chi connectivity index (χ3n) is 2.63. The molecule has 4 heteroatoms. The van der Waals surface area contributed by atoms with Crippen molar-refractivity contribution in [3.63, 3.8) is 0 Å². The number of likely N-dealkylation sites (tertiary alicyclic amines) is 1. The number of carbonyl (C=O) groups excluding carboxylic acids is 2. The van der Waals surface area contributed by atoms with Crippen LogP contribution in [0.2, 0.25) is 0 Å². The zero-order valence-electron chi connectivity index (χ0n) is 9.07. The molecule has 84 valence electrons. The molecule has 4 nitrogen and oxygen atoms in total. The van der Waals surface area contributed by atoms with Crippen LogP contribution in [0.3, 0.4) is 0 Å². The van der Waals surface area contributed by atoms with Gasteiger partial charge in [0.05, 0.1) is 13.0 Å². The van der Waals surface area contributed by atoms with Gasteiger partial charge in [0.1, 0.15) is 0 Å². The van der Waals surface area contributed by atoms with Crippen LogP contribution in [0.15, 0.2) is 12.7 Å². The molecule has 1 atom stereocenters. The van der Waals surface area contributed by atoms with Gasteiger partial charge in [-0.05, 0) is 12.8 Å². The van der Waals surface area contributed by atoms with Crippen LogP contribution in [0.25, 0.3) is 0 Å². The third kappa shape index (κ3) is 3.08. The van der Waals surface area contributed by atoms with E-state index in [1.165, 1.54) is 7.11 Å². The fourth-order valence-electron chi connectivity index (χ4n) is 1.82. The normalized spacial score (nSPS) is 20.9. The molecule has 0 aromatic rings. The molecule has 0 aliphatic carbocycles. The first kappa shape index (κ1) is 11.8. The van der Waals surface area contributed by atoms with E-state index in [-0.39, 0.29) is 17.8 Å². The lowest BCUT2D eigenvalue weighted by atomic mass is 9.98. The maximum absolute atomic E-state index is 11.6. The Hall–Kier alpha value is -1.32. The predicted molar refractivity (Wildman–Crippen MR) is 56.1 cm³/mol. The zero-order chi connectivity index (χ0) is 11.3. The van der Waals surface area contributed by atoms with Gasteiger partial charge in [-0.2, -0.15) is 0 Å². The molecule has 0 radical (unpaired) electrons. The van der Waals surface area contributed by atoms with Gasteiger partial charge in [-0.1, -0.05) is 6.08 Å². The Kier molecular flexibility index (Phi) is 4.34. The van der Waals surface area contributed by atoms with Crippen LogP contribution in [-0.2, 0) is 14.3 Å². The highest BCUT2D eigenvalue weighted by atomic mass is 16.5. The smallest absolute Gasteiger partial charge is 0.310 e. The molecular formula is C11H17NO3. The number of hydrogen-bond donors (Lipinski definition) is 0. The number of piperidine rings is 1. The van der Waals surface area contributed by atoms with E-state index in [2.05, 4.69) is 11.3 Å². The Balaban J connectivity index is 2.51. The summed E-state index contributed by atoms with van der Waals surface area (Å²) in [7, 11) is 1.38. The van der Waals surface area contributed by atoms with Gasteiger partial charge in [-0.3, -0.25) is 9.59 Å². The maximum Gasteiger partial charge on any atom is 0.310 e. The molecule has 0 aromatic heterocycles. The fourth-order valence-corrected chi connectivity index (χ4v) is 1.82. The van der Waals surface area contributed by atoms with E-state index in [0.717, 1.165) is 19.4 Å². The van der Waals surface area contributed by atoms with Gasteiger partial charge in [0, 0.05) is 19.5 Å². The van der Waals surface area contributed by atoms with Crippen molar-refractivity contribution >= 4 is 11.9 Å². The molecule has 15 heavy (non-hydrogen) atoms. The number of hydrogen-bond acceptors (Lipinski definition) is 3. The van der Waals surface area contributed by atoms with Crippen LogP contribution in [0.5, 0.6) is 0 Å². The van der Waals surface area contributed by atoms with Gasteiger partial charge in [0.25, 0.3) is 0 Å². The molecule has 0 bridgehead atoms. The Morgan fingerprint density at radius 1 is 1.60 bits per heavy atom. The first-order valence-electron chi connectivity index (χ1n) is 5.15. The SMILES string of the molecule is C=CCC(=O)N1CCCC(C(=O)OC)C1. The zero-order valence-corrected chi connectivity index (χ0v) is 9.07. The molecule has 1 aliphatic rings. The van der Waals surface area contributed by atoms with Gasteiger partial charge < -0.3 is 9.64 Å². The number of carbonyl (C=O) groups is 2. The van der Waals surface area contributed by atoms with Gasteiger partial charge >= 0.3 is 5.97 Å². The Bertz CT molecular complexity index is 263. The Morgan fingerprint density at radius 3 is 2.93 bits per heavy atom. The minimum Gasteiger partial charge on any atom is -0.469 e. The fraction of sp³-hybridized carbons (Fsp3) is 0.636. The van der Waals surface area contributed by atoms with Crippen molar-refractivity contribution in [1.29, 1.82) is 0 Å². The first-order chi connectivity index (χ1) is 7.19. The van der Waals surface area contributed by atoms with Crippen molar-refractivity contribution in [2.75, 3.05) is 20.2 Å². The number of esters is 1. The van der Waals surface area contributed by atoms with Crippen LogP contribution in [0.4, 0.5) is 0 Å². The van der Waals surface area contributed by atoms with Gasteiger partial charge in [-0.15, -0.1) is 6.58 Å². The Labute approximate surface area is 89.9 Å². The van der Waals surface area contributed by atoms with E-state index in [4.69, 9.17) is 0 Å². The summed E-state index contributed by atoms with van der Waals surface area (Å²) in [5.74, 6) is -0.331. The average molecular weight is 211 g/mol. The van der Waals surface area contributed by atoms with E-state index in [0.29, 0.717) is 13.0 Å². The topological polar surface area (TPSA) is 46.6 Å². The minimum atomic E-state index is -0.217. The van der Waals surface area contributed by atoms with E-state index in [1.807, 2.05) is 0 Å². The second-order valence-electron chi connectivity index (χ2n) is 3.69. The molecule has 0 spiro atoms. The molecule has 1 fully saturated rings. The molecule has 1 heterocycles. The lowest BCUT2D eigenvalue weighted by Crippen LogP contribution is -2.42. The van der Waals surface area contributed by atoms with Crippen molar-refractivity contribution in [3.05, 3.63) is 12.7 Å². The lowest BCUT2D eigenvalue weighted by molar-refractivity contribution is -0.148. The molecule has 0 aromatic carbocycles. The van der Waals surface area contributed by atoms with Crippen LogP contribution >= 0.6 is 0 Å². The summed E-state index contributed by atoms with van der Waals surface area (Å²) in [4.78, 5) is 24.6. The van der Waals surface area contributed by atoms with Gasteiger partial charge in [0.15, 0.2) is 0 Å². The van der Waals surface area contributed by atoms with Crippen LogP contribution in [0.1, 0.15) is 19.3 Å². The summed E-state index contributed by atoms with van der Waals surface area (Å²) in [6, 6.07) is 0. The molecule has 1 aliphatic heterocycles. The second kappa shape index (κ2) is 5.53. The molecule has 0 saturated carbocycles. The molecule has 1 saturated heterocycles. The van der Waals surface area contributed by atoms with Crippen molar-refractivity contribution in [3.8, 4) is 0 Å². The molecule has 1 rings (SSSR count). The summed E-state index contributed by atoms with van der Waals surface area (Å²) >= 11 is 0. The van der Waals surface area contributed by atoms with Crippen molar-refractivity contribution in [2.24, 2.45) is 5.92 Å². The van der Waals surface area contributed by atoms with E-state index >= 15 is 0 Å². The lowest BCUT2D eigenvalue weighted by Gasteiger charge is -2.31. The number of ether oxygens (including phenoxy) is 1. The van der Waals surface area contributed by atoms with Crippen molar-refractivity contribution in [2.45, 2.75) is 19.3 Å². The first-order valence-corrected chi connectivity index (χ1v) is 5.15. The van der Waals surface area contributed by atoms with Gasteiger partial charge in [-0.25, -0.2) is 0 Å². The standard InChI is InChI=1S/C11H17NO3/c1-3-5-10(13)12-7-4-6-9(8-12)11(14)15-2/h3,9H,1,4-8H2,2H3.